The first-order valence-corrected chi connectivity index (χ1v) is 5.49. The second kappa shape index (κ2) is 9.53. The standard InChI is InChI=1S/C10H14O2.C3H8/c1-3-12-10-7-5-4-6-9(10)8-11-2;1-3-2/h4-7H,3,8H2,1-2H3;3H2,1-2H3. The highest BCUT2D eigenvalue weighted by atomic mass is 16.5. The van der Waals surface area contributed by atoms with Gasteiger partial charge in [0.05, 0.1) is 13.2 Å². The first-order chi connectivity index (χ1) is 7.29. The highest BCUT2D eigenvalue weighted by Crippen LogP contribution is 2.18. The lowest BCUT2D eigenvalue weighted by Crippen LogP contribution is -1.97. The smallest absolute Gasteiger partial charge is 0.124 e. The number of rotatable bonds is 4. The van der Waals surface area contributed by atoms with E-state index < -0.39 is 0 Å². The van der Waals surface area contributed by atoms with E-state index in [0.717, 1.165) is 11.3 Å². The number of hydrogen-bond acceptors (Lipinski definition) is 2. The molecule has 0 unspecified atom stereocenters. The second-order valence-corrected chi connectivity index (χ2v) is 3.18. The van der Waals surface area contributed by atoms with Crippen LogP contribution >= 0.6 is 0 Å². The number of hydrogen-bond donors (Lipinski definition) is 0. The van der Waals surface area contributed by atoms with Crippen LogP contribution in [0.1, 0.15) is 32.8 Å². The van der Waals surface area contributed by atoms with Crippen LogP contribution in [0.2, 0.25) is 0 Å². The van der Waals surface area contributed by atoms with Crippen LogP contribution in [0.3, 0.4) is 0 Å². The third-order valence-corrected chi connectivity index (χ3v) is 1.57. The van der Waals surface area contributed by atoms with Gasteiger partial charge in [-0.2, -0.15) is 0 Å². The van der Waals surface area contributed by atoms with Gasteiger partial charge in [-0.25, -0.2) is 0 Å². The zero-order valence-corrected chi connectivity index (χ0v) is 10.2. The van der Waals surface area contributed by atoms with Gasteiger partial charge in [-0.15, -0.1) is 0 Å². The Morgan fingerprint density at radius 1 is 1.07 bits per heavy atom. The third kappa shape index (κ3) is 6.13. The van der Waals surface area contributed by atoms with Crippen molar-refractivity contribution >= 4 is 0 Å². The molecule has 0 fully saturated rings. The lowest BCUT2D eigenvalue weighted by molar-refractivity contribution is 0.180. The maximum absolute atomic E-state index is 5.41. The second-order valence-electron chi connectivity index (χ2n) is 3.18. The molecule has 1 aromatic carbocycles. The molecule has 0 aliphatic heterocycles. The van der Waals surface area contributed by atoms with E-state index >= 15 is 0 Å². The number of para-hydroxylation sites is 1. The Bertz CT molecular complexity index is 221. The molecule has 0 aliphatic carbocycles. The van der Waals surface area contributed by atoms with Gasteiger partial charge in [0, 0.05) is 12.7 Å². The summed E-state index contributed by atoms with van der Waals surface area (Å²) in [5.41, 5.74) is 1.10. The van der Waals surface area contributed by atoms with E-state index in [1.807, 2.05) is 31.2 Å². The van der Waals surface area contributed by atoms with Crippen molar-refractivity contribution in [3.63, 3.8) is 0 Å². The van der Waals surface area contributed by atoms with Gasteiger partial charge in [-0.3, -0.25) is 0 Å². The van der Waals surface area contributed by atoms with Crippen molar-refractivity contribution in [2.75, 3.05) is 13.7 Å². The predicted octanol–water partition coefficient (Wildman–Crippen LogP) is 3.65. The average molecular weight is 210 g/mol. The topological polar surface area (TPSA) is 18.5 Å². The zero-order valence-electron chi connectivity index (χ0n) is 10.2. The zero-order chi connectivity index (χ0) is 11.5. The molecule has 15 heavy (non-hydrogen) atoms. The molecule has 0 aliphatic rings. The van der Waals surface area contributed by atoms with Crippen LogP contribution in [0, 0.1) is 0 Å². The first kappa shape index (κ1) is 14.0. The van der Waals surface area contributed by atoms with E-state index in [-0.39, 0.29) is 0 Å². The van der Waals surface area contributed by atoms with Crippen LogP contribution in [0.4, 0.5) is 0 Å². The van der Waals surface area contributed by atoms with E-state index in [0.29, 0.717) is 13.2 Å². The molecule has 0 heterocycles. The highest BCUT2D eigenvalue weighted by molar-refractivity contribution is 5.32. The molecule has 86 valence electrons. The lowest BCUT2D eigenvalue weighted by atomic mass is 10.2. The highest BCUT2D eigenvalue weighted by Gasteiger charge is 1.99. The van der Waals surface area contributed by atoms with Crippen molar-refractivity contribution in [1.82, 2.24) is 0 Å². The molecule has 0 saturated carbocycles. The van der Waals surface area contributed by atoms with E-state index in [1.54, 1.807) is 7.11 Å². The summed E-state index contributed by atoms with van der Waals surface area (Å²) in [7, 11) is 1.68. The van der Waals surface area contributed by atoms with Crippen LogP contribution in [0.15, 0.2) is 24.3 Å². The van der Waals surface area contributed by atoms with Gasteiger partial charge in [0.2, 0.25) is 0 Å². The van der Waals surface area contributed by atoms with Gasteiger partial charge in [0.1, 0.15) is 5.75 Å². The summed E-state index contributed by atoms with van der Waals surface area (Å²) in [6.45, 7) is 7.53. The number of methoxy groups -OCH3 is 1. The molecule has 0 amide bonds. The fraction of sp³-hybridized carbons (Fsp3) is 0.538. The lowest BCUT2D eigenvalue weighted by Gasteiger charge is -2.08. The maximum atomic E-state index is 5.41. The average Bonchev–Trinajstić information content (AvgIpc) is 2.23. The van der Waals surface area contributed by atoms with Gasteiger partial charge < -0.3 is 9.47 Å². The Labute approximate surface area is 93.2 Å². The van der Waals surface area contributed by atoms with Gasteiger partial charge >= 0.3 is 0 Å². The minimum atomic E-state index is 0.607. The predicted molar refractivity (Wildman–Crippen MR) is 64.3 cm³/mol. The van der Waals surface area contributed by atoms with Crippen molar-refractivity contribution < 1.29 is 9.47 Å². The van der Waals surface area contributed by atoms with Crippen molar-refractivity contribution in [3.05, 3.63) is 29.8 Å². The van der Waals surface area contributed by atoms with Crippen LogP contribution in [0.25, 0.3) is 0 Å². The molecule has 0 saturated heterocycles. The molecule has 2 nitrogen and oxygen atoms in total. The number of ether oxygens (including phenoxy) is 2. The minimum absolute atomic E-state index is 0.607. The summed E-state index contributed by atoms with van der Waals surface area (Å²) in [4.78, 5) is 0. The first-order valence-electron chi connectivity index (χ1n) is 5.49. The van der Waals surface area contributed by atoms with Gasteiger partial charge in [-0.1, -0.05) is 38.5 Å². The molecule has 0 atom stereocenters. The van der Waals surface area contributed by atoms with E-state index in [2.05, 4.69) is 13.8 Å². The molecule has 1 rings (SSSR count). The molecule has 1 aromatic rings. The van der Waals surface area contributed by atoms with Crippen LogP contribution < -0.4 is 4.74 Å². The molecular weight excluding hydrogens is 188 g/mol. The molecule has 0 aromatic heterocycles. The van der Waals surface area contributed by atoms with Gasteiger partial charge in [0.15, 0.2) is 0 Å². The van der Waals surface area contributed by atoms with E-state index in [9.17, 15) is 0 Å². The minimum Gasteiger partial charge on any atom is -0.494 e. The Morgan fingerprint density at radius 2 is 1.67 bits per heavy atom. The Balaban J connectivity index is 0.000000583. The molecule has 2 heteroatoms. The quantitative estimate of drug-likeness (QED) is 0.755. The SMILES string of the molecule is CCC.CCOc1ccccc1COC. The molecule has 0 N–H and O–H groups in total. The van der Waals surface area contributed by atoms with Crippen LogP contribution in [0.5, 0.6) is 5.75 Å². The molecular formula is C13H22O2. The van der Waals surface area contributed by atoms with Crippen LogP contribution in [-0.4, -0.2) is 13.7 Å². The summed E-state index contributed by atoms with van der Waals surface area (Å²) < 4.78 is 10.4. The summed E-state index contributed by atoms with van der Waals surface area (Å²) in [5, 5.41) is 0. The van der Waals surface area contributed by atoms with Crippen molar-refractivity contribution in [2.24, 2.45) is 0 Å². The Kier molecular flexibility index (Phi) is 8.88. The molecule has 0 spiro atoms. The number of benzene rings is 1. The van der Waals surface area contributed by atoms with Gasteiger partial charge in [-0.05, 0) is 13.0 Å². The fourth-order valence-corrected chi connectivity index (χ4v) is 1.07. The van der Waals surface area contributed by atoms with Crippen molar-refractivity contribution in [1.29, 1.82) is 0 Å². The summed E-state index contributed by atoms with van der Waals surface area (Å²) in [5.74, 6) is 0.918. The summed E-state index contributed by atoms with van der Waals surface area (Å²) in [6.07, 6.45) is 1.25. The van der Waals surface area contributed by atoms with Crippen LogP contribution in [-0.2, 0) is 11.3 Å². The Morgan fingerprint density at radius 3 is 2.20 bits per heavy atom. The third-order valence-electron chi connectivity index (χ3n) is 1.57. The van der Waals surface area contributed by atoms with Crippen molar-refractivity contribution in [2.45, 2.75) is 33.8 Å². The Hall–Kier alpha value is -1.02. The summed E-state index contributed by atoms with van der Waals surface area (Å²) >= 11 is 0. The largest absolute Gasteiger partial charge is 0.494 e. The fourth-order valence-electron chi connectivity index (χ4n) is 1.07. The monoisotopic (exact) mass is 210 g/mol. The molecule has 0 bridgehead atoms. The maximum Gasteiger partial charge on any atom is 0.124 e. The molecule has 0 radical (unpaired) electrons. The van der Waals surface area contributed by atoms with E-state index in [4.69, 9.17) is 9.47 Å². The summed E-state index contributed by atoms with van der Waals surface area (Å²) in [6, 6.07) is 7.91. The normalized spacial score (nSPS) is 9.07. The van der Waals surface area contributed by atoms with Gasteiger partial charge in [0.25, 0.3) is 0 Å². The van der Waals surface area contributed by atoms with Crippen molar-refractivity contribution in [3.8, 4) is 5.75 Å². The van der Waals surface area contributed by atoms with E-state index in [1.165, 1.54) is 6.42 Å².